The van der Waals surface area contributed by atoms with Crippen LogP contribution in [0.2, 0.25) is 0 Å². The SMILES string of the molecule is CCCCCCCCCc1ccc(-c2cnc([C@H]3CC[C@@](C#N)(CCCCCCCC)CC3)nc2)cc1. The van der Waals surface area contributed by atoms with Crippen LogP contribution in [-0.2, 0) is 6.42 Å². The Morgan fingerprint density at radius 1 is 0.730 bits per heavy atom. The highest BCUT2D eigenvalue weighted by Gasteiger charge is 2.36. The van der Waals surface area contributed by atoms with E-state index in [0.29, 0.717) is 5.92 Å². The number of unbranched alkanes of at least 4 members (excludes halogenated alkanes) is 11. The molecule has 0 bridgehead atoms. The van der Waals surface area contributed by atoms with Crippen molar-refractivity contribution in [3.63, 3.8) is 0 Å². The molecule has 37 heavy (non-hydrogen) atoms. The number of nitriles is 1. The standard InChI is InChI=1S/C34H51N3/c1-3-5-7-9-11-12-14-16-29-17-19-30(20-18-29)32-26-36-33(37-27-32)31-21-24-34(28-35,25-22-31)23-15-13-10-8-6-4-2/h17-20,26-27,31H,3-16,21-25H2,1-2H3/t31-,34-. The van der Waals surface area contributed by atoms with Crippen molar-refractivity contribution in [1.82, 2.24) is 9.97 Å². The molecule has 1 aromatic carbocycles. The predicted octanol–water partition coefficient (Wildman–Crippen LogP) is 10.4. The van der Waals surface area contributed by atoms with Crippen LogP contribution in [0.1, 0.15) is 147 Å². The number of nitrogens with zero attached hydrogens (tertiary/aromatic N) is 3. The molecule has 0 saturated heterocycles. The van der Waals surface area contributed by atoms with Crippen LogP contribution in [0.15, 0.2) is 36.7 Å². The largest absolute Gasteiger partial charge is 0.240 e. The van der Waals surface area contributed by atoms with Crippen LogP contribution < -0.4 is 0 Å². The fourth-order valence-electron chi connectivity index (χ4n) is 5.94. The van der Waals surface area contributed by atoms with Gasteiger partial charge in [0, 0.05) is 23.9 Å². The summed E-state index contributed by atoms with van der Waals surface area (Å²) in [6.07, 6.45) is 27.6. The Bertz CT molecular complexity index is 902. The zero-order valence-corrected chi connectivity index (χ0v) is 23.8. The number of aromatic nitrogens is 2. The van der Waals surface area contributed by atoms with Gasteiger partial charge in [0.25, 0.3) is 0 Å². The lowest BCUT2D eigenvalue weighted by molar-refractivity contribution is 0.219. The van der Waals surface area contributed by atoms with E-state index in [-0.39, 0.29) is 5.41 Å². The van der Waals surface area contributed by atoms with E-state index in [4.69, 9.17) is 9.97 Å². The van der Waals surface area contributed by atoms with Gasteiger partial charge in [-0.3, -0.25) is 0 Å². The molecule has 1 fully saturated rings. The summed E-state index contributed by atoms with van der Waals surface area (Å²) in [6, 6.07) is 11.7. The third kappa shape index (κ3) is 9.88. The van der Waals surface area contributed by atoms with Gasteiger partial charge in [-0.2, -0.15) is 5.26 Å². The molecule has 0 unspecified atom stereocenters. The van der Waals surface area contributed by atoms with Gasteiger partial charge in [0.15, 0.2) is 0 Å². The first-order valence-electron chi connectivity index (χ1n) is 15.5. The van der Waals surface area contributed by atoms with Crippen LogP contribution >= 0.6 is 0 Å². The van der Waals surface area contributed by atoms with E-state index in [1.807, 2.05) is 12.4 Å². The van der Waals surface area contributed by atoms with E-state index in [9.17, 15) is 5.26 Å². The van der Waals surface area contributed by atoms with Crippen molar-refractivity contribution in [2.45, 2.75) is 142 Å². The van der Waals surface area contributed by atoms with E-state index < -0.39 is 0 Å². The summed E-state index contributed by atoms with van der Waals surface area (Å²) in [5.41, 5.74) is 3.61. The normalized spacial score (nSPS) is 19.5. The van der Waals surface area contributed by atoms with Gasteiger partial charge in [0.1, 0.15) is 5.82 Å². The second kappa shape index (κ2) is 16.6. The van der Waals surface area contributed by atoms with Crippen molar-refractivity contribution >= 4 is 0 Å². The molecule has 202 valence electrons. The van der Waals surface area contributed by atoms with E-state index in [0.717, 1.165) is 43.5 Å². The number of benzene rings is 1. The van der Waals surface area contributed by atoms with Gasteiger partial charge in [0.2, 0.25) is 0 Å². The zero-order valence-electron chi connectivity index (χ0n) is 23.8. The Morgan fingerprint density at radius 3 is 1.84 bits per heavy atom. The third-order valence-electron chi connectivity index (χ3n) is 8.58. The van der Waals surface area contributed by atoms with Gasteiger partial charge in [0.05, 0.1) is 11.5 Å². The zero-order chi connectivity index (χ0) is 26.2. The molecule has 1 aliphatic rings. The summed E-state index contributed by atoms with van der Waals surface area (Å²) in [5.74, 6) is 1.36. The first-order chi connectivity index (χ1) is 18.2. The molecule has 3 heteroatoms. The van der Waals surface area contributed by atoms with Gasteiger partial charge < -0.3 is 0 Å². The summed E-state index contributed by atoms with van der Waals surface area (Å²) in [5, 5.41) is 9.94. The van der Waals surface area contributed by atoms with Crippen LogP contribution in [0.3, 0.4) is 0 Å². The van der Waals surface area contributed by atoms with Crippen LogP contribution in [0.5, 0.6) is 0 Å². The first-order valence-corrected chi connectivity index (χ1v) is 15.5. The summed E-state index contributed by atoms with van der Waals surface area (Å²) in [4.78, 5) is 9.55. The maximum Gasteiger partial charge on any atom is 0.131 e. The maximum atomic E-state index is 9.94. The highest BCUT2D eigenvalue weighted by atomic mass is 14.9. The average Bonchev–Trinajstić information content (AvgIpc) is 2.95. The summed E-state index contributed by atoms with van der Waals surface area (Å²) >= 11 is 0. The number of hydrogen-bond donors (Lipinski definition) is 0. The fraction of sp³-hybridized carbons (Fsp3) is 0.676. The van der Waals surface area contributed by atoms with E-state index >= 15 is 0 Å². The van der Waals surface area contributed by atoms with Gasteiger partial charge in [-0.05, 0) is 56.1 Å². The third-order valence-corrected chi connectivity index (χ3v) is 8.58. The van der Waals surface area contributed by atoms with Gasteiger partial charge >= 0.3 is 0 Å². The van der Waals surface area contributed by atoms with Crippen molar-refractivity contribution in [3.05, 3.63) is 48.0 Å². The van der Waals surface area contributed by atoms with E-state index in [2.05, 4.69) is 44.2 Å². The smallest absolute Gasteiger partial charge is 0.131 e. The Morgan fingerprint density at radius 2 is 1.27 bits per heavy atom. The number of hydrogen-bond acceptors (Lipinski definition) is 3. The van der Waals surface area contributed by atoms with Crippen LogP contribution in [-0.4, -0.2) is 9.97 Å². The minimum absolute atomic E-state index is 0.113. The van der Waals surface area contributed by atoms with Crippen LogP contribution in [0.25, 0.3) is 11.1 Å². The van der Waals surface area contributed by atoms with Gasteiger partial charge in [-0.15, -0.1) is 0 Å². The Labute approximate surface area is 227 Å². The molecular formula is C34H51N3. The number of rotatable bonds is 17. The number of aryl methyl sites for hydroxylation is 1. The Kier molecular flexibility index (Phi) is 13.2. The van der Waals surface area contributed by atoms with Crippen molar-refractivity contribution < 1.29 is 0 Å². The quantitative estimate of drug-likeness (QED) is 0.202. The molecule has 3 nitrogen and oxygen atoms in total. The molecule has 1 aliphatic carbocycles. The van der Waals surface area contributed by atoms with Gasteiger partial charge in [-0.1, -0.05) is 115 Å². The minimum atomic E-state index is -0.113. The molecule has 1 heterocycles. The topological polar surface area (TPSA) is 49.6 Å². The second-order valence-corrected chi connectivity index (χ2v) is 11.6. The van der Waals surface area contributed by atoms with Crippen molar-refractivity contribution in [2.75, 3.05) is 0 Å². The lowest BCUT2D eigenvalue weighted by Crippen LogP contribution is -2.26. The Hall–Kier alpha value is -2.21. The predicted molar refractivity (Wildman–Crippen MR) is 156 cm³/mol. The summed E-state index contributed by atoms with van der Waals surface area (Å²) in [6.45, 7) is 4.54. The molecule has 0 N–H and O–H groups in total. The minimum Gasteiger partial charge on any atom is -0.240 e. The molecule has 1 saturated carbocycles. The van der Waals surface area contributed by atoms with E-state index in [1.165, 1.54) is 101 Å². The van der Waals surface area contributed by atoms with E-state index in [1.54, 1.807) is 0 Å². The maximum absolute atomic E-state index is 9.94. The molecular weight excluding hydrogens is 450 g/mol. The molecule has 1 aromatic heterocycles. The highest BCUT2D eigenvalue weighted by molar-refractivity contribution is 5.61. The molecule has 0 spiro atoms. The van der Waals surface area contributed by atoms with Crippen LogP contribution in [0, 0.1) is 16.7 Å². The highest BCUT2D eigenvalue weighted by Crippen LogP contribution is 2.45. The molecule has 0 atom stereocenters. The van der Waals surface area contributed by atoms with Gasteiger partial charge in [-0.25, -0.2) is 9.97 Å². The molecule has 0 amide bonds. The molecule has 0 radical (unpaired) electrons. The Balaban J connectivity index is 1.42. The van der Waals surface area contributed by atoms with Crippen LogP contribution in [0.4, 0.5) is 0 Å². The monoisotopic (exact) mass is 501 g/mol. The summed E-state index contributed by atoms with van der Waals surface area (Å²) < 4.78 is 0. The molecule has 3 rings (SSSR count). The average molecular weight is 502 g/mol. The fourth-order valence-corrected chi connectivity index (χ4v) is 5.94. The van der Waals surface area contributed by atoms with Crippen molar-refractivity contribution in [1.29, 1.82) is 5.26 Å². The molecule has 0 aliphatic heterocycles. The summed E-state index contributed by atoms with van der Waals surface area (Å²) in [7, 11) is 0. The first kappa shape index (κ1) is 29.3. The second-order valence-electron chi connectivity index (χ2n) is 11.6. The van der Waals surface area contributed by atoms with Crippen molar-refractivity contribution in [2.24, 2.45) is 5.41 Å². The lowest BCUT2D eigenvalue weighted by atomic mass is 9.68. The molecule has 2 aromatic rings. The van der Waals surface area contributed by atoms with Crippen molar-refractivity contribution in [3.8, 4) is 17.2 Å². The lowest BCUT2D eigenvalue weighted by Gasteiger charge is -2.34.